The molecule has 0 aromatic carbocycles. The Labute approximate surface area is 92.4 Å². The maximum Gasteiger partial charge on any atom is 0.377 e. The van der Waals surface area contributed by atoms with E-state index in [1.54, 1.807) is 0 Å². The number of nitrogens with zero attached hydrogens (tertiary/aromatic N) is 3. The first-order valence-corrected chi connectivity index (χ1v) is 5.20. The van der Waals surface area contributed by atoms with Gasteiger partial charge in [-0.1, -0.05) is 0 Å². The smallest absolute Gasteiger partial charge is 0.377 e. The third-order valence-electron chi connectivity index (χ3n) is 2.69. The summed E-state index contributed by atoms with van der Waals surface area (Å²) in [6.07, 6.45) is 0. The molecule has 0 amide bonds. The number of nitrogens with one attached hydrogen (secondary N) is 1. The molecule has 1 aromatic heterocycles. The van der Waals surface area contributed by atoms with Gasteiger partial charge in [-0.05, 0) is 12.1 Å². The van der Waals surface area contributed by atoms with Gasteiger partial charge in [0, 0.05) is 26.2 Å². The minimum absolute atomic E-state index is 0.0392. The van der Waals surface area contributed by atoms with E-state index in [2.05, 4.69) is 20.4 Å². The van der Waals surface area contributed by atoms with E-state index in [9.17, 15) is 4.79 Å². The molecule has 0 bridgehead atoms. The second-order valence-electron chi connectivity index (χ2n) is 3.72. The molecule has 1 atom stereocenters. The van der Waals surface area contributed by atoms with Gasteiger partial charge in [-0.25, -0.2) is 4.79 Å². The van der Waals surface area contributed by atoms with Crippen molar-refractivity contribution >= 4 is 5.97 Å². The van der Waals surface area contributed by atoms with E-state index in [1.807, 2.05) is 6.92 Å². The zero-order chi connectivity index (χ0) is 11.5. The van der Waals surface area contributed by atoms with Crippen LogP contribution in [-0.4, -0.2) is 52.3 Å². The van der Waals surface area contributed by atoms with Crippen molar-refractivity contribution < 1.29 is 14.4 Å². The first-order chi connectivity index (χ1) is 7.68. The molecule has 88 valence electrons. The fourth-order valence-electron chi connectivity index (χ4n) is 1.72. The average Bonchev–Trinajstić information content (AvgIpc) is 2.78. The van der Waals surface area contributed by atoms with Crippen LogP contribution in [0.25, 0.3) is 0 Å². The summed E-state index contributed by atoms with van der Waals surface area (Å²) in [5, 5.41) is 15.3. The number of carbonyl (C=O) groups is 1. The maximum atomic E-state index is 10.6. The molecule has 0 saturated carbocycles. The Balaban J connectivity index is 2.07. The topological polar surface area (TPSA) is 91.5 Å². The third-order valence-corrected chi connectivity index (χ3v) is 2.69. The van der Waals surface area contributed by atoms with Crippen LogP contribution in [-0.2, 0) is 0 Å². The number of aromatic carboxylic acids is 1. The van der Waals surface area contributed by atoms with Gasteiger partial charge in [-0.3, -0.25) is 4.90 Å². The molecule has 16 heavy (non-hydrogen) atoms. The molecule has 7 heteroatoms. The van der Waals surface area contributed by atoms with E-state index in [0.29, 0.717) is 5.89 Å². The van der Waals surface area contributed by atoms with Crippen molar-refractivity contribution in [1.82, 2.24) is 20.4 Å². The van der Waals surface area contributed by atoms with Crippen molar-refractivity contribution in [1.29, 1.82) is 0 Å². The molecule has 0 spiro atoms. The van der Waals surface area contributed by atoms with Crippen LogP contribution in [0.1, 0.15) is 29.5 Å². The Morgan fingerprint density at radius 3 is 2.81 bits per heavy atom. The van der Waals surface area contributed by atoms with E-state index in [4.69, 9.17) is 9.63 Å². The Morgan fingerprint density at radius 2 is 2.25 bits per heavy atom. The molecule has 2 rings (SSSR count). The van der Waals surface area contributed by atoms with E-state index in [1.165, 1.54) is 0 Å². The van der Waals surface area contributed by atoms with Crippen molar-refractivity contribution in [3.05, 3.63) is 11.7 Å². The highest BCUT2D eigenvalue weighted by Crippen LogP contribution is 2.18. The van der Waals surface area contributed by atoms with Crippen molar-refractivity contribution in [2.45, 2.75) is 13.0 Å². The van der Waals surface area contributed by atoms with Crippen molar-refractivity contribution in [3.63, 3.8) is 0 Å². The number of aromatic nitrogens is 2. The fraction of sp³-hybridized carbons (Fsp3) is 0.667. The molecule has 1 unspecified atom stereocenters. The summed E-state index contributed by atoms with van der Waals surface area (Å²) in [7, 11) is 0. The first-order valence-electron chi connectivity index (χ1n) is 5.20. The third kappa shape index (κ3) is 2.20. The van der Waals surface area contributed by atoms with Gasteiger partial charge in [0.15, 0.2) is 0 Å². The predicted molar refractivity (Wildman–Crippen MR) is 54.1 cm³/mol. The van der Waals surface area contributed by atoms with Gasteiger partial charge >= 0.3 is 5.97 Å². The van der Waals surface area contributed by atoms with E-state index < -0.39 is 5.97 Å². The Morgan fingerprint density at radius 1 is 1.56 bits per heavy atom. The molecule has 0 aliphatic carbocycles. The maximum absolute atomic E-state index is 10.6. The number of carboxylic acid groups (broad SMARTS) is 1. The zero-order valence-corrected chi connectivity index (χ0v) is 9.01. The molecule has 0 radical (unpaired) electrons. The molecule has 1 saturated heterocycles. The summed E-state index contributed by atoms with van der Waals surface area (Å²) in [5.74, 6) is -1.08. The Kier molecular flexibility index (Phi) is 3.16. The molecule has 1 fully saturated rings. The minimum atomic E-state index is -1.16. The summed E-state index contributed by atoms with van der Waals surface area (Å²) in [5.41, 5.74) is 0. The minimum Gasteiger partial charge on any atom is -0.475 e. The molecule has 1 aliphatic rings. The summed E-state index contributed by atoms with van der Waals surface area (Å²) >= 11 is 0. The van der Waals surface area contributed by atoms with Gasteiger partial charge in [0.2, 0.25) is 5.89 Å². The lowest BCUT2D eigenvalue weighted by atomic mass is 10.2. The molecule has 1 aromatic rings. The number of piperazine rings is 1. The van der Waals surface area contributed by atoms with E-state index in [-0.39, 0.29) is 11.9 Å². The normalized spacial score (nSPS) is 19.6. The molecular formula is C9H14N4O3. The quantitative estimate of drug-likeness (QED) is 0.733. The lowest BCUT2D eigenvalue weighted by Gasteiger charge is -2.30. The van der Waals surface area contributed by atoms with Crippen LogP contribution >= 0.6 is 0 Å². The van der Waals surface area contributed by atoms with E-state index >= 15 is 0 Å². The van der Waals surface area contributed by atoms with Gasteiger partial charge in [0.05, 0.1) is 6.04 Å². The largest absolute Gasteiger partial charge is 0.475 e. The van der Waals surface area contributed by atoms with Crippen LogP contribution in [0.5, 0.6) is 0 Å². The lowest BCUT2D eigenvalue weighted by molar-refractivity contribution is 0.0680. The van der Waals surface area contributed by atoms with Gasteiger partial charge in [-0.2, -0.15) is 4.98 Å². The second kappa shape index (κ2) is 4.58. The Hall–Kier alpha value is -1.47. The van der Waals surface area contributed by atoms with Crippen molar-refractivity contribution in [3.8, 4) is 0 Å². The average molecular weight is 226 g/mol. The van der Waals surface area contributed by atoms with Crippen LogP contribution < -0.4 is 5.32 Å². The van der Waals surface area contributed by atoms with Crippen LogP contribution in [0.15, 0.2) is 4.52 Å². The molecule has 2 heterocycles. The highest BCUT2D eigenvalue weighted by molar-refractivity contribution is 5.82. The zero-order valence-electron chi connectivity index (χ0n) is 9.01. The lowest BCUT2D eigenvalue weighted by Crippen LogP contribution is -2.44. The number of rotatable bonds is 3. The van der Waals surface area contributed by atoms with Gasteiger partial charge in [0.25, 0.3) is 5.82 Å². The van der Waals surface area contributed by atoms with Gasteiger partial charge < -0.3 is 14.9 Å². The van der Waals surface area contributed by atoms with Crippen LogP contribution in [0, 0.1) is 0 Å². The highest BCUT2D eigenvalue weighted by atomic mass is 16.5. The summed E-state index contributed by atoms with van der Waals surface area (Å²) in [6, 6.07) is -0.0392. The number of carboxylic acids is 1. The summed E-state index contributed by atoms with van der Waals surface area (Å²) < 4.78 is 4.94. The molecule has 2 N–H and O–H groups in total. The van der Waals surface area contributed by atoms with Crippen molar-refractivity contribution in [2.24, 2.45) is 0 Å². The summed E-state index contributed by atoms with van der Waals surface area (Å²) in [4.78, 5) is 16.6. The van der Waals surface area contributed by atoms with Crippen LogP contribution in [0.4, 0.5) is 0 Å². The van der Waals surface area contributed by atoms with Gasteiger partial charge in [-0.15, -0.1) is 0 Å². The Bertz CT molecular complexity index is 373. The van der Waals surface area contributed by atoms with Gasteiger partial charge in [0.1, 0.15) is 0 Å². The standard InChI is InChI=1S/C9H14N4O3/c1-6(13-4-2-10-3-5-13)8-11-7(9(14)15)12-16-8/h6,10H,2-5H2,1H3,(H,14,15). The second-order valence-corrected chi connectivity index (χ2v) is 3.72. The number of hydrogen-bond donors (Lipinski definition) is 2. The van der Waals surface area contributed by atoms with Crippen molar-refractivity contribution in [2.75, 3.05) is 26.2 Å². The molecule has 1 aliphatic heterocycles. The highest BCUT2D eigenvalue weighted by Gasteiger charge is 2.24. The molecular weight excluding hydrogens is 212 g/mol. The molecule has 7 nitrogen and oxygen atoms in total. The number of hydrogen-bond acceptors (Lipinski definition) is 6. The first kappa shape index (κ1) is 11.0. The SMILES string of the molecule is CC(c1nc(C(=O)O)no1)N1CCNCC1. The van der Waals surface area contributed by atoms with Crippen LogP contribution in [0.3, 0.4) is 0 Å². The van der Waals surface area contributed by atoms with E-state index in [0.717, 1.165) is 26.2 Å². The van der Waals surface area contributed by atoms with Crippen LogP contribution in [0.2, 0.25) is 0 Å². The fourth-order valence-corrected chi connectivity index (χ4v) is 1.72. The predicted octanol–water partition coefficient (Wildman–Crippen LogP) is -0.266. The monoisotopic (exact) mass is 226 g/mol. The summed E-state index contributed by atoms with van der Waals surface area (Å²) in [6.45, 7) is 5.57.